The third-order valence-corrected chi connectivity index (χ3v) is 3.64. The molecule has 3 aromatic rings. The minimum Gasteiger partial charge on any atom is -0.387 e. The molecule has 21 heavy (non-hydrogen) atoms. The summed E-state index contributed by atoms with van der Waals surface area (Å²) < 4.78 is 5.17. The zero-order valence-corrected chi connectivity index (χ0v) is 12.4. The highest BCUT2D eigenvalue weighted by atomic mass is 16.5. The minimum atomic E-state index is -0.583. The average molecular weight is 285 g/mol. The average Bonchev–Trinajstić information content (AvgIpc) is 3.00. The van der Waals surface area contributed by atoms with Crippen LogP contribution in [0.25, 0.3) is 22.2 Å². The van der Waals surface area contributed by atoms with Crippen LogP contribution in [0.2, 0.25) is 0 Å². The molecular formula is C16H19N3O2. The van der Waals surface area contributed by atoms with Crippen LogP contribution in [0.5, 0.6) is 0 Å². The fourth-order valence-corrected chi connectivity index (χ4v) is 2.70. The Morgan fingerprint density at radius 2 is 2.10 bits per heavy atom. The van der Waals surface area contributed by atoms with Crippen LogP contribution >= 0.6 is 0 Å². The first-order valence-corrected chi connectivity index (χ1v) is 6.93. The molecular weight excluding hydrogens is 266 g/mol. The number of aliphatic hydroxyl groups is 1. The zero-order valence-electron chi connectivity index (χ0n) is 12.4. The fraction of sp³-hybridized carbons (Fsp3) is 0.312. The summed E-state index contributed by atoms with van der Waals surface area (Å²) in [6, 6.07) is 7.98. The molecule has 3 rings (SSSR count). The van der Waals surface area contributed by atoms with Crippen LogP contribution in [0.4, 0.5) is 0 Å². The number of nitrogens with zero attached hydrogens (tertiary/aromatic N) is 2. The van der Waals surface area contributed by atoms with Crippen molar-refractivity contribution >= 4 is 10.9 Å². The number of H-pyrrole nitrogens is 1. The van der Waals surface area contributed by atoms with Crippen molar-refractivity contribution in [3.8, 4) is 11.3 Å². The van der Waals surface area contributed by atoms with E-state index in [1.54, 1.807) is 6.20 Å². The number of aromatic nitrogens is 2. The number of rotatable bonds is 4. The Balaban J connectivity index is 2.21. The number of hydrogen-bond acceptors (Lipinski definition) is 4. The van der Waals surface area contributed by atoms with Crippen LogP contribution in [-0.4, -0.2) is 40.8 Å². The van der Waals surface area contributed by atoms with E-state index in [2.05, 4.69) is 10.1 Å². The standard InChI is InChI=1S/C16H19N3O2/c1-10-12(8-17-21-10)16-15(14(20)9-19(2)3)11-6-4-5-7-13(11)18-16/h4-8,14,18,20H,9H2,1-3H3. The lowest BCUT2D eigenvalue weighted by molar-refractivity contribution is 0.140. The monoisotopic (exact) mass is 285 g/mol. The molecule has 2 N–H and O–H groups in total. The predicted molar refractivity (Wildman–Crippen MR) is 82.0 cm³/mol. The number of likely N-dealkylation sites (N-methyl/N-ethyl adjacent to an activating group) is 1. The second kappa shape index (κ2) is 5.35. The Labute approximate surface area is 123 Å². The number of benzene rings is 1. The van der Waals surface area contributed by atoms with E-state index in [-0.39, 0.29) is 0 Å². The van der Waals surface area contributed by atoms with Gasteiger partial charge in [0.2, 0.25) is 0 Å². The van der Waals surface area contributed by atoms with E-state index in [9.17, 15) is 5.11 Å². The molecule has 0 bridgehead atoms. The molecule has 1 atom stereocenters. The maximum absolute atomic E-state index is 10.6. The first kappa shape index (κ1) is 13.9. The highest BCUT2D eigenvalue weighted by molar-refractivity contribution is 5.91. The smallest absolute Gasteiger partial charge is 0.142 e. The number of fused-ring (bicyclic) bond motifs is 1. The van der Waals surface area contributed by atoms with Gasteiger partial charge in [0, 0.05) is 23.0 Å². The van der Waals surface area contributed by atoms with Crippen molar-refractivity contribution in [2.24, 2.45) is 0 Å². The highest BCUT2D eigenvalue weighted by Gasteiger charge is 2.22. The van der Waals surface area contributed by atoms with Gasteiger partial charge in [0.25, 0.3) is 0 Å². The van der Waals surface area contributed by atoms with Gasteiger partial charge in [-0.15, -0.1) is 0 Å². The van der Waals surface area contributed by atoms with Crippen LogP contribution in [0.15, 0.2) is 35.0 Å². The summed E-state index contributed by atoms with van der Waals surface area (Å²) in [7, 11) is 3.89. The quantitative estimate of drug-likeness (QED) is 0.773. The molecule has 1 unspecified atom stereocenters. The summed E-state index contributed by atoms with van der Waals surface area (Å²) in [6.45, 7) is 2.43. The van der Waals surface area contributed by atoms with E-state index in [1.165, 1.54) is 0 Å². The van der Waals surface area contributed by atoms with E-state index >= 15 is 0 Å². The van der Waals surface area contributed by atoms with Gasteiger partial charge >= 0.3 is 0 Å². The van der Waals surface area contributed by atoms with Crippen molar-refractivity contribution in [2.75, 3.05) is 20.6 Å². The van der Waals surface area contributed by atoms with Crippen molar-refractivity contribution in [3.63, 3.8) is 0 Å². The van der Waals surface area contributed by atoms with Gasteiger partial charge < -0.3 is 19.5 Å². The van der Waals surface area contributed by atoms with E-state index in [0.717, 1.165) is 33.5 Å². The largest absolute Gasteiger partial charge is 0.387 e. The summed E-state index contributed by atoms with van der Waals surface area (Å²) in [5.74, 6) is 0.736. The second-order valence-electron chi connectivity index (χ2n) is 5.53. The maximum Gasteiger partial charge on any atom is 0.142 e. The number of aryl methyl sites for hydroxylation is 1. The predicted octanol–water partition coefficient (Wildman–Crippen LogP) is 2.73. The molecule has 0 saturated heterocycles. The Kier molecular flexibility index (Phi) is 3.53. The summed E-state index contributed by atoms with van der Waals surface area (Å²) in [5.41, 5.74) is 3.66. The Hall–Kier alpha value is -2.11. The lowest BCUT2D eigenvalue weighted by Gasteiger charge is -2.17. The number of aliphatic hydroxyl groups excluding tert-OH is 1. The normalized spacial score (nSPS) is 13.2. The minimum absolute atomic E-state index is 0.555. The first-order valence-electron chi connectivity index (χ1n) is 6.93. The molecule has 0 aliphatic heterocycles. The number of aromatic amines is 1. The van der Waals surface area contributed by atoms with Crippen LogP contribution < -0.4 is 0 Å². The van der Waals surface area contributed by atoms with Crippen molar-refractivity contribution in [1.82, 2.24) is 15.0 Å². The fourth-order valence-electron chi connectivity index (χ4n) is 2.70. The topological polar surface area (TPSA) is 65.3 Å². The molecule has 0 radical (unpaired) electrons. The van der Waals surface area contributed by atoms with Gasteiger partial charge in [0.15, 0.2) is 0 Å². The van der Waals surface area contributed by atoms with Gasteiger partial charge in [-0.3, -0.25) is 0 Å². The molecule has 0 spiro atoms. The van der Waals surface area contributed by atoms with Crippen LogP contribution in [-0.2, 0) is 0 Å². The molecule has 0 aliphatic carbocycles. The highest BCUT2D eigenvalue weighted by Crippen LogP contribution is 2.36. The molecule has 2 heterocycles. The van der Waals surface area contributed by atoms with E-state index < -0.39 is 6.10 Å². The van der Waals surface area contributed by atoms with Gasteiger partial charge in [-0.05, 0) is 27.1 Å². The Bertz CT molecular complexity index is 758. The van der Waals surface area contributed by atoms with Crippen molar-refractivity contribution < 1.29 is 9.63 Å². The lowest BCUT2D eigenvalue weighted by Crippen LogP contribution is -2.20. The number of nitrogens with one attached hydrogen (secondary N) is 1. The van der Waals surface area contributed by atoms with Crippen LogP contribution in [0, 0.1) is 6.92 Å². The molecule has 2 aromatic heterocycles. The second-order valence-corrected chi connectivity index (χ2v) is 5.53. The maximum atomic E-state index is 10.6. The molecule has 110 valence electrons. The molecule has 0 fully saturated rings. The Morgan fingerprint density at radius 1 is 1.33 bits per heavy atom. The van der Waals surface area contributed by atoms with Gasteiger partial charge in [-0.1, -0.05) is 23.4 Å². The molecule has 0 aliphatic rings. The van der Waals surface area contributed by atoms with Gasteiger partial charge in [-0.25, -0.2) is 0 Å². The molecule has 5 nitrogen and oxygen atoms in total. The van der Waals surface area contributed by atoms with Gasteiger partial charge in [0.1, 0.15) is 5.76 Å². The molecule has 5 heteroatoms. The van der Waals surface area contributed by atoms with Crippen LogP contribution in [0.3, 0.4) is 0 Å². The summed E-state index contributed by atoms with van der Waals surface area (Å²) in [4.78, 5) is 5.35. The third-order valence-electron chi connectivity index (χ3n) is 3.64. The summed E-state index contributed by atoms with van der Waals surface area (Å²) in [5, 5.41) is 15.5. The Morgan fingerprint density at radius 3 is 2.76 bits per heavy atom. The van der Waals surface area contributed by atoms with Crippen molar-refractivity contribution in [1.29, 1.82) is 0 Å². The number of para-hydroxylation sites is 1. The number of hydrogen-bond donors (Lipinski definition) is 2. The van der Waals surface area contributed by atoms with Crippen LogP contribution in [0.1, 0.15) is 17.4 Å². The lowest BCUT2D eigenvalue weighted by atomic mass is 10.0. The molecule has 1 aromatic carbocycles. The van der Waals surface area contributed by atoms with E-state index in [0.29, 0.717) is 6.54 Å². The third kappa shape index (κ3) is 2.46. The SMILES string of the molecule is Cc1oncc1-c1[nH]c2ccccc2c1C(O)CN(C)C. The van der Waals surface area contributed by atoms with Gasteiger partial charge in [0.05, 0.1) is 23.6 Å². The molecule has 0 saturated carbocycles. The van der Waals surface area contributed by atoms with E-state index in [1.807, 2.05) is 50.2 Å². The van der Waals surface area contributed by atoms with Crippen molar-refractivity contribution in [3.05, 3.63) is 41.8 Å². The zero-order chi connectivity index (χ0) is 15.0. The summed E-state index contributed by atoms with van der Waals surface area (Å²) >= 11 is 0. The summed E-state index contributed by atoms with van der Waals surface area (Å²) in [6.07, 6.45) is 1.10. The van der Waals surface area contributed by atoms with Gasteiger partial charge in [-0.2, -0.15) is 0 Å². The first-order chi connectivity index (χ1) is 10.1. The molecule has 0 amide bonds. The van der Waals surface area contributed by atoms with E-state index in [4.69, 9.17) is 4.52 Å². The van der Waals surface area contributed by atoms with Crippen molar-refractivity contribution in [2.45, 2.75) is 13.0 Å².